The number of ether oxygens (including phenoxy) is 1. The van der Waals surface area contributed by atoms with E-state index in [2.05, 4.69) is 5.32 Å². The lowest BCUT2D eigenvalue weighted by Crippen LogP contribution is -2.52. The van der Waals surface area contributed by atoms with Gasteiger partial charge in [-0.25, -0.2) is 12.8 Å². The number of hydrogen-bond acceptors (Lipinski definition) is 5. The van der Waals surface area contributed by atoms with E-state index < -0.39 is 40.2 Å². The van der Waals surface area contributed by atoms with E-state index in [1.165, 1.54) is 54.5 Å². The number of benzene rings is 3. The third kappa shape index (κ3) is 7.10. The largest absolute Gasteiger partial charge is 0.497 e. The van der Waals surface area contributed by atoms with Crippen LogP contribution < -0.4 is 14.4 Å². The molecule has 10 heteroatoms. The normalized spacial score (nSPS) is 12.1. The second kappa shape index (κ2) is 12.6. The number of carbonyl (C=O) groups excluding carboxylic acids is 2. The van der Waals surface area contributed by atoms with E-state index in [4.69, 9.17) is 4.74 Å². The van der Waals surface area contributed by atoms with Crippen LogP contribution in [0, 0.1) is 5.82 Å². The molecule has 0 saturated heterocycles. The number of carbonyl (C=O) groups is 2. The molecule has 0 aliphatic heterocycles. The minimum Gasteiger partial charge on any atom is -0.497 e. The zero-order valence-electron chi connectivity index (χ0n) is 21.8. The van der Waals surface area contributed by atoms with Gasteiger partial charge in [0, 0.05) is 18.7 Å². The lowest BCUT2D eigenvalue weighted by molar-refractivity contribution is -0.139. The molecule has 202 valence electrons. The van der Waals surface area contributed by atoms with Crippen LogP contribution in [0.1, 0.15) is 26.3 Å². The van der Waals surface area contributed by atoms with Crippen LogP contribution in [0.3, 0.4) is 0 Å². The van der Waals surface area contributed by atoms with E-state index in [0.29, 0.717) is 11.3 Å². The van der Waals surface area contributed by atoms with Crippen molar-refractivity contribution in [2.24, 2.45) is 0 Å². The lowest BCUT2D eigenvalue weighted by Gasteiger charge is -2.32. The molecule has 3 aromatic rings. The molecule has 8 nitrogen and oxygen atoms in total. The fourth-order valence-corrected chi connectivity index (χ4v) is 5.22. The first kappa shape index (κ1) is 28.6. The third-order valence-corrected chi connectivity index (χ3v) is 7.60. The van der Waals surface area contributed by atoms with E-state index in [9.17, 15) is 22.4 Å². The highest BCUT2D eigenvalue weighted by Crippen LogP contribution is 2.27. The van der Waals surface area contributed by atoms with Crippen LogP contribution in [0.4, 0.5) is 10.1 Å². The second-order valence-electron chi connectivity index (χ2n) is 9.01. The Balaban J connectivity index is 2.03. The maximum absolute atomic E-state index is 13.8. The molecule has 0 bridgehead atoms. The number of nitrogens with one attached hydrogen (secondary N) is 1. The minimum absolute atomic E-state index is 0.00584. The predicted molar refractivity (Wildman–Crippen MR) is 144 cm³/mol. The van der Waals surface area contributed by atoms with Gasteiger partial charge >= 0.3 is 0 Å². The number of amides is 2. The van der Waals surface area contributed by atoms with Crippen molar-refractivity contribution < 1.29 is 27.1 Å². The topological polar surface area (TPSA) is 96.0 Å². The van der Waals surface area contributed by atoms with Crippen LogP contribution in [0.2, 0.25) is 0 Å². The monoisotopic (exact) mass is 541 g/mol. The summed E-state index contributed by atoms with van der Waals surface area (Å²) in [7, 11) is -2.71. The summed E-state index contributed by atoms with van der Waals surface area (Å²) in [5.41, 5.74) is 0.811. The maximum Gasteiger partial charge on any atom is 0.264 e. The minimum atomic E-state index is -4.17. The van der Waals surface area contributed by atoms with E-state index in [-0.39, 0.29) is 23.2 Å². The zero-order chi connectivity index (χ0) is 27.9. The number of rotatable bonds is 11. The van der Waals surface area contributed by atoms with Crippen LogP contribution in [0.15, 0.2) is 83.8 Å². The van der Waals surface area contributed by atoms with Crippen molar-refractivity contribution in [1.82, 2.24) is 10.2 Å². The standard InChI is InChI=1S/C28H32FN3O5S/c1-20(2)30-28(34)21(3)31(18-22-13-15-23(29)16-14-22)27(33)19-32(24-9-8-10-25(17-24)37-4)38(35,36)26-11-6-5-7-12-26/h5-17,20-21H,18-19H2,1-4H3,(H,30,34)/t21-/m0/s1. The first-order chi connectivity index (χ1) is 18.0. The number of anilines is 1. The summed E-state index contributed by atoms with van der Waals surface area (Å²) in [6.07, 6.45) is 0. The zero-order valence-corrected chi connectivity index (χ0v) is 22.6. The Morgan fingerprint density at radius 1 is 0.947 bits per heavy atom. The van der Waals surface area contributed by atoms with Crippen molar-refractivity contribution in [2.75, 3.05) is 18.0 Å². The van der Waals surface area contributed by atoms with Crippen molar-refractivity contribution in [3.63, 3.8) is 0 Å². The average molecular weight is 542 g/mol. The number of sulfonamides is 1. The van der Waals surface area contributed by atoms with Crippen LogP contribution in [0.25, 0.3) is 0 Å². The van der Waals surface area contributed by atoms with Gasteiger partial charge in [0.25, 0.3) is 10.0 Å². The summed E-state index contributed by atoms with van der Waals surface area (Å²) in [5.74, 6) is -1.02. The van der Waals surface area contributed by atoms with Crippen LogP contribution in [-0.2, 0) is 26.2 Å². The number of halogens is 1. The smallest absolute Gasteiger partial charge is 0.264 e. The highest BCUT2D eigenvalue weighted by Gasteiger charge is 2.32. The van der Waals surface area contributed by atoms with E-state index in [1.54, 1.807) is 57.2 Å². The number of hydrogen-bond donors (Lipinski definition) is 1. The van der Waals surface area contributed by atoms with Gasteiger partial charge in [0.1, 0.15) is 24.2 Å². The fourth-order valence-electron chi connectivity index (χ4n) is 3.79. The quantitative estimate of drug-likeness (QED) is 0.396. The van der Waals surface area contributed by atoms with E-state index >= 15 is 0 Å². The molecule has 2 amide bonds. The molecule has 0 spiro atoms. The molecule has 1 N–H and O–H groups in total. The van der Waals surface area contributed by atoms with Crippen molar-refractivity contribution in [3.8, 4) is 5.75 Å². The van der Waals surface area contributed by atoms with Gasteiger partial charge in [-0.15, -0.1) is 0 Å². The Hall–Kier alpha value is -3.92. The Kier molecular flexibility index (Phi) is 9.46. The molecular weight excluding hydrogens is 509 g/mol. The van der Waals surface area contributed by atoms with Crippen molar-refractivity contribution in [1.29, 1.82) is 0 Å². The molecule has 0 aromatic heterocycles. The van der Waals surface area contributed by atoms with Gasteiger partial charge in [-0.05, 0) is 62.7 Å². The van der Waals surface area contributed by atoms with Crippen molar-refractivity contribution in [3.05, 3.63) is 90.2 Å². The summed E-state index contributed by atoms with van der Waals surface area (Å²) in [4.78, 5) is 28.0. The van der Waals surface area contributed by atoms with Gasteiger partial charge < -0.3 is 15.0 Å². The molecule has 0 saturated carbocycles. The summed E-state index contributed by atoms with van der Waals surface area (Å²) in [6.45, 7) is 4.57. The lowest BCUT2D eigenvalue weighted by atomic mass is 10.1. The Morgan fingerprint density at radius 3 is 2.21 bits per heavy atom. The van der Waals surface area contributed by atoms with Gasteiger partial charge in [-0.2, -0.15) is 0 Å². The molecule has 1 atom stereocenters. The summed E-state index contributed by atoms with van der Waals surface area (Å²) in [5, 5.41) is 2.79. The van der Waals surface area contributed by atoms with Gasteiger partial charge in [0.05, 0.1) is 17.7 Å². The molecule has 0 radical (unpaired) electrons. The Morgan fingerprint density at radius 2 is 1.61 bits per heavy atom. The first-order valence-corrected chi connectivity index (χ1v) is 13.5. The highest BCUT2D eigenvalue weighted by molar-refractivity contribution is 7.92. The SMILES string of the molecule is COc1cccc(N(CC(=O)N(Cc2ccc(F)cc2)[C@@H](C)C(=O)NC(C)C)S(=O)(=O)c2ccccc2)c1. The van der Waals surface area contributed by atoms with E-state index in [0.717, 1.165) is 4.31 Å². The van der Waals surface area contributed by atoms with Gasteiger partial charge in [0.15, 0.2) is 0 Å². The van der Waals surface area contributed by atoms with Crippen LogP contribution in [0.5, 0.6) is 5.75 Å². The van der Waals surface area contributed by atoms with Crippen molar-refractivity contribution >= 4 is 27.5 Å². The Labute approximate surface area is 223 Å². The Bertz CT molecular complexity index is 1350. The molecule has 0 fully saturated rings. The molecule has 0 heterocycles. The maximum atomic E-state index is 13.8. The molecule has 3 aromatic carbocycles. The first-order valence-electron chi connectivity index (χ1n) is 12.1. The molecule has 3 rings (SSSR count). The number of methoxy groups -OCH3 is 1. The highest BCUT2D eigenvalue weighted by atomic mass is 32.2. The number of nitrogens with zero attached hydrogens (tertiary/aromatic N) is 2. The van der Waals surface area contributed by atoms with Crippen LogP contribution in [-0.4, -0.2) is 50.9 Å². The fraction of sp³-hybridized carbons (Fsp3) is 0.286. The molecule has 38 heavy (non-hydrogen) atoms. The molecular formula is C28H32FN3O5S. The summed E-state index contributed by atoms with van der Waals surface area (Å²) in [6, 6.07) is 18.6. The van der Waals surface area contributed by atoms with Crippen molar-refractivity contribution in [2.45, 2.75) is 44.3 Å². The van der Waals surface area contributed by atoms with Gasteiger partial charge in [0.2, 0.25) is 11.8 Å². The predicted octanol–water partition coefficient (Wildman–Crippen LogP) is 3.97. The summed E-state index contributed by atoms with van der Waals surface area (Å²) < 4.78 is 47.2. The third-order valence-electron chi connectivity index (χ3n) is 5.82. The van der Waals surface area contributed by atoms with Gasteiger partial charge in [-0.1, -0.05) is 36.4 Å². The second-order valence-corrected chi connectivity index (χ2v) is 10.9. The average Bonchev–Trinajstić information content (AvgIpc) is 2.90. The van der Waals surface area contributed by atoms with Gasteiger partial charge in [-0.3, -0.25) is 13.9 Å². The summed E-state index contributed by atoms with van der Waals surface area (Å²) >= 11 is 0. The van der Waals surface area contributed by atoms with E-state index in [1.807, 2.05) is 0 Å². The molecule has 0 aliphatic rings. The molecule has 0 aliphatic carbocycles. The van der Waals surface area contributed by atoms with Crippen LogP contribution >= 0.6 is 0 Å². The molecule has 0 unspecified atom stereocenters.